The molecular weight excluding hydrogens is 1290 g/mol. The number of hydrogen-bond acceptors (Lipinski definition) is 8. The molecular formula is C54H35F27O8. The van der Waals surface area contributed by atoms with Crippen LogP contribution < -0.4 is 18.9 Å². The van der Waals surface area contributed by atoms with Crippen LogP contribution in [-0.4, -0.2) is 93.8 Å². The summed E-state index contributed by atoms with van der Waals surface area (Å²) < 4.78 is 417. The lowest BCUT2D eigenvalue weighted by Crippen LogP contribution is -2.56. The molecule has 0 bridgehead atoms. The number of carbonyl (C=O) groups excluding carboxylic acids is 2. The largest absolute Gasteiger partial charge is 0.490 e. The highest BCUT2D eigenvalue weighted by Gasteiger charge is 2.76. The minimum atomic E-state index is -7.39. The Morgan fingerprint density at radius 2 is 0.764 bits per heavy atom. The predicted octanol–water partition coefficient (Wildman–Crippen LogP) is 17.4. The van der Waals surface area contributed by atoms with Crippen LogP contribution in [0.2, 0.25) is 0 Å². The first-order chi connectivity index (χ1) is 41.0. The molecule has 0 saturated carbocycles. The lowest BCUT2D eigenvalue weighted by molar-refractivity contribution is -0.375. The number of allylic oxidation sites excluding steroid dienone is 7. The highest BCUT2D eigenvalue weighted by atomic mass is 19.4. The number of carbonyl (C=O) groups is 2. The zero-order valence-electron chi connectivity index (χ0n) is 43.6. The van der Waals surface area contributed by atoms with Crippen LogP contribution in [0.25, 0.3) is 0 Å². The van der Waals surface area contributed by atoms with E-state index in [9.17, 15) is 124 Å². The summed E-state index contributed by atoms with van der Waals surface area (Å²) in [6, 6.07) is 6.26. The second-order valence-corrected chi connectivity index (χ2v) is 17.6. The van der Waals surface area contributed by atoms with Crippen LogP contribution in [-0.2, 0) is 29.9 Å². The molecule has 0 saturated heterocycles. The van der Waals surface area contributed by atoms with Crippen molar-refractivity contribution < 1.29 is 157 Å². The van der Waals surface area contributed by atoms with Crippen LogP contribution in [0.15, 0.2) is 169 Å². The predicted molar refractivity (Wildman–Crippen MR) is 252 cm³/mol. The van der Waals surface area contributed by atoms with Gasteiger partial charge in [0.2, 0.25) is 34.1 Å². The molecule has 35 heteroatoms. The van der Waals surface area contributed by atoms with Crippen LogP contribution in [0.3, 0.4) is 0 Å². The number of benzene rings is 4. The van der Waals surface area contributed by atoms with E-state index in [1.807, 2.05) is 0 Å². The summed E-state index contributed by atoms with van der Waals surface area (Å²) in [5, 5.41) is 0. The molecule has 0 radical (unpaired) electrons. The molecule has 0 fully saturated rings. The fourth-order valence-corrected chi connectivity index (χ4v) is 7.77. The molecule has 488 valence electrons. The van der Waals surface area contributed by atoms with Crippen molar-refractivity contribution in [1.82, 2.24) is 0 Å². The van der Waals surface area contributed by atoms with Gasteiger partial charge in [0.05, 0.1) is 13.2 Å². The summed E-state index contributed by atoms with van der Waals surface area (Å²) in [5.74, 6) is -49.0. The highest BCUT2D eigenvalue weighted by Crippen LogP contribution is 2.59. The van der Waals surface area contributed by atoms with Gasteiger partial charge < -0.3 is 28.4 Å². The zero-order valence-corrected chi connectivity index (χ0v) is 43.6. The summed E-state index contributed by atoms with van der Waals surface area (Å²) in [6.45, 7) is -2.07. The van der Waals surface area contributed by atoms with Gasteiger partial charge in [-0.05, 0) is 77.2 Å². The van der Waals surface area contributed by atoms with E-state index >= 15 is 4.39 Å². The standard InChI is InChI=1S/C54H35F27O8/c1-3-37(82)88-33-18-10-29(11-19-33)46(50(67,68)69,51(70,71)72)27-6-14-31(15-7-27)85-26-35(87-32-16-8-28(9-17-32)47(52(73,74)75,53(76,77)78)30-12-20-34(21-13-30)89-38(83)4-2)25-84-22-5-23-86-48(64,49(65,66)54(79,80)81)45(63)44(62)43(61)42(60)41(59)40(58)39(57)36(56)24-55/h3-4,6-21,35H,1-2,5,22-26H2/b39-36+,41-40+,43-42+,45-44+. The molecule has 0 N–H and O–H groups in total. The number of ether oxygens (including phenoxy) is 6. The van der Waals surface area contributed by atoms with Crippen molar-refractivity contribution in [3.63, 3.8) is 0 Å². The van der Waals surface area contributed by atoms with Crippen LogP contribution in [0, 0.1) is 0 Å². The third kappa shape index (κ3) is 15.5. The minimum Gasteiger partial charge on any atom is -0.490 e. The fraction of sp³-hybridized carbons (Fsp3) is 0.296. The molecule has 2 unspecified atom stereocenters. The first-order valence-electron chi connectivity index (χ1n) is 23.8. The van der Waals surface area contributed by atoms with Gasteiger partial charge >= 0.3 is 54.6 Å². The Hall–Kier alpha value is -8.11. The normalized spacial score (nSPS) is 15.3. The molecule has 0 aliphatic carbocycles. The van der Waals surface area contributed by atoms with Gasteiger partial charge in [-0.1, -0.05) is 61.7 Å². The van der Waals surface area contributed by atoms with Crippen LogP contribution in [0.5, 0.6) is 23.0 Å². The quantitative estimate of drug-likeness (QED) is 0.0153. The highest BCUT2D eigenvalue weighted by molar-refractivity contribution is 5.83. The molecule has 4 aromatic carbocycles. The smallest absolute Gasteiger partial charge is 0.460 e. The Bertz CT molecular complexity index is 3240. The molecule has 0 heterocycles. The topological polar surface area (TPSA) is 89.5 Å². The van der Waals surface area contributed by atoms with Crippen molar-refractivity contribution in [1.29, 1.82) is 0 Å². The van der Waals surface area contributed by atoms with Gasteiger partial charge in [0.15, 0.2) is 29.4 Å². The third-order valence-electron chi connectivity index (χ3n) is 12.0. The molecule has 8 nitrogen and oxygen atoms in total. The average molecular weight is 1320 g/mol. The zero-order chi connectivity index (χ0) is 67.7. The summed E-state index contributed by atoms with van der Waals surface area (Å²) in [7, 11) is 0. The molecule has 0 aliphatic heterocycles. The van der Waals surface area contributed by atoms with Crippen molar-refractivity contribution >= 4 is 11.9 Å². The van der Waals surface area contributed by atoms with E-state index in [1.54, 1.807) is 0 Å². The minimum absolute atomic E-state index is 0.205. The maximum Gasteiger partial charge on any atom is 0.460 e. The van der Waals surface area contributed by atoms with Crippen molar-refractivity contribution in [3.8, 4) is 23.0 Å². The lowest BCUT2D eigenvalue weighted by atomic mass is 9.73. The monoisotopic (exact) mass is 1320 g/mol. The molecule has 4 rings (SSSR count). The van der Waals surface area contributed by atoms with Crippen LogP contribution in [0.4, 0.5) is 119 Å². The Labute approximate surface area is 481 Å². The van der Waals surface area contributed by atoms with Crippen molar-refractivity contribution in [2.75, 3.05) is 33.1 Å². The second kappa shape index (κ2) is 28.2. The van der Waals surface area contributed by atoms with E-state index in [0.29, 0.717) is 84.9 Å². The first kappa shape index (κ1) is 73.4. The summed E-state index contributed by atoms with van der Waals surface area (Å²) in [6.07, 6.45) is -34.4. The summed E-state index contributed by atoms with van der Waals surface area (Å²) in [4.78, 5) is 23.1. The maximum absolute atomic E-state index is 15.5. The molecule has 0 amide bonds. The lowest BCUT2D eigenvalue weighted by Gasteiger charge is -2.38. The van der Waals surface area contributed by atoms with Crippen molar-refractivity contribution in [2.45, 2.75) is 66.0 Å². The van der Waals surface area contributed by atoms with E-state index in [0.717, 1.165) is 0 Å². The molecule has 2 atom stereocenters. The number of alkyl halides is 19. The van der Waals surface area contributed by atoms with E-state index in [1.165, 1.54) is 0 Å². The Morgan fingerprint density at radius 3 is 1.10 bits per heavy atom. The summed E-state index contributed by atoms with van der Waals surface area (Å²) in [5.41, 5.74) is -15.9. The average Bonchev–Trinajstić information content (AvgIpc) is 0.737. The first-order valence-corrected chi connectivity index (χ1v) is 23.8. The number of halogens is 27. The van der Waals surface area contributed by atoms with Gasteiger partial charge in [0.25, 0.3) is 0 Å². The Kier molecular flexibility index (Phi) is 23.2. The Morgan fingerprint density at radius 1 is 0.427 bits per heavy atom. The SMILES string of the molecule is C=CC(=O)Oc1ccc(C(c2ccc(OCC(COCCCOC(F)(/C(F)=C(F)/C(F)=C(F)/C(F)=C(F)/C(F)=C(\F)CF)C(F)(F)C(F)(F)F)Oc3ccc(C(c4ccc(OC(=O)C=C)cc4)(C(F)(F)F)C(F)(F)F)cc3)cc2)(C(F)(F)F)C(F)(F)F)cc1. The summed E-state index contributed by atoms with van der Waals surface area (Å²) >= 11 is 0. The third-order valence-corrected chi connectivity index (χ3v) is 12.0. The van der Waals surface area contributed by atoms with Crippen LogP contribution >= 0.6 is 0 Å². The van der Waals surface area contributed by atoms with E-state index in [-0.39, 0.29) is 24.3 Å². The van der Waals surface area contributed by atoms with Gasteiger partial charge in [-0.2, -0.15) is 79.0 Å². The second-order valence-electron chi connectivity index (χ2n) is 17.6. The molecule has 89 heavy (non-hydrogen) atoms. The number of rotatable bonds is 26. The van der Waals surface area contributed by atoms with Gasteiger partial charge in [0.1, 0.15) is 36.3 Å². The van der Waals surface area contributed by atoms with Gasteiger partial charge in [-0.15, -0.1) is 0 Å². The molecule has 0 aliphatic rings. The van der Waals surface area contributed by atoms with E-state index in [4.69, 9.17) is 18.9 Å². The number of esters is 2. The van der Waals surface area contributed by atoms with Gasteiger partial charge in [-0.25, -0.2) is 49.1 Å². The number of hydrogen-bond donors (Lipinski definition) is 0. The fourth-order valence-electron chi connectivity index (χ4n) is 7.77. The van der Waals surface area contributed by atoms with Gasteiger partial charge in [-0.3, -0.25) is 0 Å². The maximum atomic E-state index is 15.5. The van der Waals surface area contributed by atoms with Crippen molar-refractivity contribution in [3.05, 3.63) is 191 Å². The molecule has 0 spiro atoms. The van der Waals surface area contributed by atoms with Gasteiger partial charge in [0, 0.05) is 18.8 Å². The van der Waals surface area contributed by atoms with E-state index < -0.39 is 203 Å². The van der Waals surface area contributed by atoms with Crippen LogP contribution in [0.1, 0.15) is 28.7 Å². The Balaban J connectivity index is 1.74. The van der Waals surface area contributed by atoms with E-state index in [2.05, 4.69) is 22.6 Å². The molecule has 4 aromatic rings. The molecule has 0 aromatic heterocycles. The van der Waals surface area contributed by atoms with Crippen molar-refractivity contribution in [2.24, 2.45) is 0 Å².